The van der Waals surface area contributed by atoms with E-state index in [1.807, 2.05) is 35.0 Å². The average Bonchev–Trinajstić information content (AvgIpc) is 2.90. The Morgan fingerprint density at radius 1 is 1.15 bits per heavy atom. The lowest BCUT2D eigenvalue weighted by Crippen LogP contribution is -2.06. The van der Waals surface area contributed by atoms with Crippen LogP contribution >= 0.6 is 0 Å². The summed E-state index contributed by atoms with van der Waals surface area (Å²) in [6.07, 6.45) is 6.43. The van der Waals surface area contributed by atoms with Crippen LogP contribution in [0.5, 0.6) is 5.75 Å². The van der Waals surface area contributed by atoms with E-state index in [0.717, 1.165) is 17.1 Å². The van der Waals surface area contributed by atoms with E-state index in [4.69, 9.17) is 15.6 Å². The monoisotopic (exact) mass is 271 g/mol. The minimum Gasteiger partial charge on any atom is -0.497 e. The smallest absolute Gasteiger partial charge is 0.127 e. The minimum atomic E-state index is 0.575. The Morgan fingerprint density at radius 2 is 1.85 bits per heavy atom. The Balaban J connectivity index is 1.87. The van der Waals surface area contributed by atoms with Crippen LogP contribution in [0.4, 0.5) is 5.82 Å². The molecule has 20 heavy (non-hydrogen) atoms. The van der Waals surface area contributed by atoms with Crippen LogP contribution in [0.2, 0.25) is 0 Å². The zero-order chi connectivity index (χ0) is 13.9. The van der Waals surface area contributed by atoms with Gasteiger partial charge in [0.2, 0.25) is 0 Å². The normalized spacial score (nSPS) is 16.2. The standard InChI is InChI=1S/C16H21N3O/c1-20-14-9-7-13(8-10-14)19-16(17)11-15(18-19)12-5-3-2-4-6-12/h7-12H,2-6,17H2,1H3. The number of methoxy groups -OCH3 is 1. The molecular formula is C16H21N3O. The number of nitrogen functional groups attached to an aromatic ring is 1. The highest BCUT2D eigenvalue weighted by atomic mass is 16.5. The summed E-state index contributed by atoms with van der Waals surface area (Å²) in [5, 5.41) is 4.71. The van der Waals surface area contributed by atoms with Gasteiger partial charge in [-0.3, -0.25) is 0 Å². The Morgan fingerprint density at radius 3 is 2.50 bits per heavy atom. The minimum absolute atomic E-state index is 0.575. The second kappa shape index (κ2) is 5.57. The molecule has 3 rings (SSSR count). The fourth-order valence-corrected chi connectivity index (χ4v) is 2.94. The van der Waals surface area contributed by atoms with Crippen LogP contribution < -0.4 is 10.5 Å². The molecule has 0 aliphatic heterocycles. The van der Waals surface area contributed by atoms with Crippen LogP contribution in [0.15, 0.2) is 30.3 Å². The molecule has 1 aromatic carbocycles. The van der Waals surface area contributed by atoms with Crippen molar-refractivity contribution >= 4 is 5.82 Å². The van der Waals surface area contributed by atoms with Crippen LogP contribution in [-0.2, 0) is 0 Å². The molecule has 0 unspecified atom stereocenters. The SMILES string of the molecule is COc1ccc(-n2nc(C3CCCCC3)cc2N)cc1. The van der Waals surface area contributed by atoms with Crippen LogP contribution in [0.3, 0.4) is 0 Å². The second-order valence-electron chi connectivity index (χ2n) is 5.44. The number of ether oxygens (including phenoxy) is 1. The third-order valence-electron chi connectivity index (χ3n) is 4.10. The average molecular weight is 271 g/mol. The lowest BCUT2D eigenvalue weighted by Gasteiger charge is -2.19. The second-order valence-corrected chi connectivity index (χ2v) is 5.44. The predicted molar refractivity (Wildman–Crippen MR) is 80.4 cm³/mol. The molecule has 1 aliphatic rings. The number of anilines is 1. The Bertz CT molecular complexity index is 568. The van der Waals surface area contributed by atoms with E-state index in [1.165, 1.54) is 32.1 Å². The zero-order valence-electron chi connectivity index (χ0n) is 11.9. The van der Waals surface area contributed by atoms with Gasteiger partial charge in [-0.25, -0.2) is 4.68 Å². The van der Waals surface area contributed by atoms with E-state index in [9.17, 15) is 0 Å². The Labute approximate surface area is 119 Å². The molecule has 1 aromatic heterocycles. The highest BCUT2D eigenvalue weighted by Crippen LogP contribution is 2.33. The summed E-state index contributed by atoms with van der Waals surface area (Å²) in [6.45, 7) is 0. The first-order chi connectivity index (χ1) is 9.78. The number of rotatable bonds is 3. The lowest BCUT2D eigenvalue weighted by atomic mass is 9.87. The van der Waals surface area contributed by atoms with Crippen molar-refractivity contribution in [2.24, 2.45) is 0 Å². The molecule has 1 aliphatic carbocycles. The highest BCUT2D eigenvalue weighted by Gasteiger charge is 2.19. The van der Waals surface area contributed by atoms with Gasteiger partial charge in [0.05, 0.1) is 18.5 Å². The van der Waals surface area contributed by atoms with Gasteiger partial charge in [-0.2, -0.15) is 5.10 Å². The molecule has 0 atom stereocenters. The van der Waals surface area contributed by atoms with E-state index in [1.54, 1.807) is 7.11 Å². The van der Waals surface area contributed by atoms with Crippen molar-refractivity contribution in [1.82, 2.24) is 9.78 Å². The molecule has 0 bridgehead atoms. The van der Waals surface area contributed by atoms with Crippen LogP contribution in [0.1, 0.15) is 43.7 Å². The van der Waals surface area contributed by atoms with Crippen molar-refractivity contribution in [3.63, 3.8) is 0 Å². The van der Waals surface area contributed by atoms with E-state index in [-0.39, 0.29) is 0 Å². The Hall–Kier alpha value is -1.97. The maximum atomic E-state index is 6.12. The van der Waals surface area contributed by atoms with Crippen LogP contribution in [-0.4, -0.2) is 16.9 Å². The van der Waals surface area contributed by atoms with Crippen molar-refractivity contribution in [2.45, 2.75) is 38.0 Å². The van der Waals surface area contributed by atoms with Gasteiger partial charge in [-0.05, 0) is 37.1 Å². The van der Waals surface area contributed by atoms with Gasteiger partial charge in [0.25, 0.3) is 0 Å². The molecule has 0 saturated heterocycles. The maximum Gasteiger partial charge on any atom is 0.127 e. The summed E-state index contributed by atoms with van der Waals surface area (Å²) in [6, 6.07) is 9.84. The van der Waals surface area contributed by atoms with Gasteiger partial charge in [0.1, 0.15) is 11.6 Å². The van der Waals surface area contributed by atoms with Crippen molar-refractivity contribution in [3.05, 3.63) is 36.0 Å². The van der Waals surface area contributed by atoms with Crippen molar-refractivity contribution in [3.8, 4) is 11.4 Å². The first-order valence-electron chi connectivity index (χ1n) is 7.28. The zero-order valence-corrected chi connectivity index (χ0v) is 11.9. The van der Waals surface area contributed by atoms with Crippen LogP contribution in [0, 0.1) is 0 Å². The van der Waals surface area contributed by atoms with Gasteiger partial charge in [0.15, 0.2) is 0 Å². The van der Waals surface area contributed by atoms with Gasteiger partial charge < -0.3 is 10.5 Å². The molecule has 2 aromatic rings. The quantitative estimate of drug-likeness (QED) is 0.929. The third kappa shape index (κ3) is 2.50. The van der Waals surface area contributed by atoms with E-state index >= 15 is 0 Å². The summed E-state index contributed by atoms with van der Waals surface area (Å²) in [5.41, 5.74) is 8.23. The van der Waals surface area contributed by atoms with Gasteiger partial charge in [-0.1, -0.05) is 19.3 Å². The largest absolute Gasteiger partial charge is 0.497 e. The molecule has 0 radical (unpaired) electrons. The molecule has 2 N–H and O–H groups in total. The van der Waals surface area contributed by atoms with Gasteiger partial charge >= 0.3 is 0 Å². The molecule has 1 heterocycles. The number of nitrogens with zero attached hydrogens (tertiary/aromatic N) is 2. The molecule has 0 amide bonds. The Kier molecular flexibility index (Phi) is 3.63. The molecule has 1 saturated carbocycles. The molecule has 106 valence electrons. The van der Waals surface area contributed by atoms with E-state index in [2.05, 4.69) is 0 Å². The predicted octanol–water partition coefficient (Wildman–Crippen LogP) is 3.51. The number of hydrogen-bond donors (Lipinski definition) is 1. The summed E-state index contributed by atoms with van der Waals surface area (Å²) in [4.78, 5) is 0. The van der Waals surface area contributed by atoms with E-state index in [0.29, 0.717) is 11.7 Å². The van der Waals surface area contributed by atoms with Crippen molar-refractivity contribution in [2.75, 3.05) is 12.8 Å². The molecular weight excluding hydrogens is 250 g/mol. The lowest BCUT2D eigenvalue weighted by molar-refractivity contribution is 0.414. The van der Waals surface area contributed by atoms with Crippen molar-refractivity contribution in [1.29, 1.82) is 0 Å². The topological polar surface area (TPSA) is 53.1 Å². The first kappa shape index (κ1) is 13.0. The van der Waals surface area contributed by atoms with Gasteiger partial charge in [-0.15, -0.1) is 0 Å². The van der Waals surface area contributed by atoms with E-state index < -0.39 is 0 Å². The fraction of sp³-hybridized carbons (Fsp3) is 0.438. The molecule has 0 spiro atoms. The number of benzene rings is 1. The summed E-state index contributed by atoms with van der Waals surface area (Å²) >= 11 is 0. The highest BCUT2D eigenvalue weighted by molar-refractivity contribution is 5.45. The number of nitrogens with two attached hydrogens (primary N) is 1. The maximum absolute atomic E-state index is 6.12. The van der Waals surface area contributed by atoms with Crippen molar-refractivity contribution < 1.29 is 4.74 Å². The van der Waals surface area contributed by atoms with Crippen LogP contribution in [0.25, 0.3) is 5.69 Å². The summed E-state index contributed by atoms with van der Waals surface area (Å²) < 4.78 is 7.00. The molecule has 1 fully saturated rings. The number of aromatic nitrogens is 2. The first-order valence-corrected chi connectivity index (χ1v) is 7.28. The molecule has 4 nitrogen and oxygen atoms in total. The van der Waals surface area contributed by atoms with Gasteiger partial charge in [0, 0.05) is 12.0 Å². The molecule has 4 heteroatoms. The third-order valence-corrected chi connectivity index (χ3v) is 4.10. The fourth-order valence-electron chi connectivity index (χ4n) is 2.94. The summed E-state index contributed by atoms with van der Waals surface area (Å²) in [7, 11) is 1.67. The summed E-state index contributed by atoms with van der Waals surface area (Å²) in [5.74, 6) is 2.12. The number of hydrogen-bond acceptors (Lipinski definition) is 3.